The predicted molar refractivity (Wildman–Crippen MR) is 116 cm³/mol. The first-order valence-corrected chi connectivity index (χ1v) is 11.3. The van der Waals surface area contributed by atoms with E-state index in [9.17, 15) is 9.59 Å². The molecule has 0 N–H and O–H groups in total. The van der Waals surface area contributed by atoms with Gasteiger partial charge in [0.25, 0.3) is 0 Å². The zero-order valence-electron chi connectivity index (χ0n) is 18.0. The Hall–Kier alpha value is -2.15. The van der Waals surface area contributed by atoms with Gasteiger partial charge in [0.1, 0.15) is 10.6 Å². The van der Waals surface area contributed by atoms with Crippen molar-refractivity contribution >= 4 is 29.0 Å². The number of amides is 1. The second-order valence-electron chi connectivity index (χ2n) is 8.17. The summed E-state index contributed by atoms with van der Waals surface area (Å²) < 4.78 is 6.95. The number of carbonyl (C=O) groups excluding carboxylic acids is 2. The summed E-state index contributed by atoms with van der Waals surface area (Å²) in [5.41, 5.74) is 0.337. The zero-order valence-corrected chi connectivity index (χ0v) is 18.8. The highest BCUT2D eigenvalue weighted by atomic mass is 32.1. The van der Waals surface area contributed by atoms with E-state index in [1.54, 1.807) is 34.0 Å². The van der Waals surface area contributed by atoms with Gasteiger partial charge in [-0.25, -0.2) is 9.48 Å². The van der Waals surface area contributed by atoms with Crippen molar-refractivity contribution in [3.8, 4) is 5.00 Å². The van der Waals surface area contributed by atoms with E-state index in [1.165, 1.54) is 0 Å². The summed E-state index contributed by atoms with van der Waals surface area (Å²) in [6.45, 7) is 10.2. The first-order chi connectivity index (χ1) is 13.8. The molecule has 0 spiro atoms. The summed E-state index contributed by atoms with van der Waals surface area (Å²) in [6.07, 6.45) is 5.60. The second kappa shape index (κ2) is 9.11. The van der Waals surface area contributed by atoms with Crippen LogP contribution >= 0.6 is 11.3 Å². The fourth-order valence-electron chi connectivity index (χ4n) is 3.86. The molecule has 7 heteroatoms. The first-order valence-electron chi connectivity index (χ1n) is 10.5. The Labute approximate surface area is 176 Å². The molecule has 0 atom stereocenters. The Bertz CT molecular complexity index is 863. The number of thiophene rings is 1. The van der Waals surface area contributed by atoms with Gasteiger partial charge in [-0.1, -0.05) is 6.92 Å². The number of hydrogen-bond donors (Lipinski definition) is 0. The minimum Gasteiger partial charge on any atom is -0.462 e. The third kappa shape index (κ3) is 4.71. The van der Waals surface area contributed by atoms with Crippen LogP contribution in [0.3, 0.4) is 0 Å². The van der Waals surface area contributed by atoms with Crippen molar-refractivity contribution < 1.29 is 14.3 Å². The van der Waals surface area contributed by atoms with E-state index in [4.69, 9.17) is 4.74 Å². The van der Waals surface area contributed by atoms with Crippen LogP contribution < -0.4 is 4.90 Å². The molecule has 1 aliphatic carbocycles. The number of esters is 1. The normalized spacial score (nSPS) is 19.4. The van der Waals surface area contributed by atoms with Crippen molar-refractivity contribution in [3.05, 3.63) is 28.8 Å². The molecule has 6 nitrogen and oxygen atoms in total. The molecule has 158 valence electrons. The van der Waals surface area contributed by atoms with E-state index >= 15 is 0 Å². The third-order valence-corrected chi connectivity index (χ3v) is 6.48. The van der Waals surface area contributed by atoms with Gasteiger partial charge in [0.2, 0.25) is 5.91 Å². The van der Waals surface area contributed by atoms with E-state index < -0.39 is 5.97 Å². The molecule has 1 fully saturated rings. The van der Waals surface area contributed by atoms with E-state index in [-0.39, 0.29) is 24.5 Å². The Balaban J connectivity index is 2.00. The van der Waals surface area contributed by atoms with E-state index in [1.807, 2.05) is 32.9 Å². The van der Waals surface area contributed by atoms with Gasteiger partial charge in [0.15, 0.2) is 5.82 Å². The first kappa shape index (κ1) is 21.6. The number of anilines is 1. The lowest BCUT2D eigenvalue weighted by Gasteiger charge is -2.32. The van der Waals surface area contributed by atoms with E-state index in [0.717, 1.165) is 35.6 Å². The molecule has 2 aromatic rings. The number of aryl methyl sites for hydroxylation is 1. The number of hydrogen-bond acceptors (Lipinski definition) is 5. The topological polar surface area (TPSA) is 64.4 Å². The maximum Gasteiger partial charge on any atom is 0.343 e. The molecule has 3 rings (SSSR count). The molecule has 0 aromatic carbocycles. The summed E-state index contributed by atoms with van der Waals surface area (Å²) in [5, 5.41) is 5.59. The van der Waals surface area contributed by atoms with Crippen LogP contribution in [-0.4, -0.2) is 34.3 Å². The van der Waals surface area contributed by atoms with Crippen LogP contribution in [0.4, 0.5) is 5.82 Å². The van der Waals surface area contributed by atoms with Crippen LogP contribution in [0, 0.1) is 18.8 Å². The third-order valence-electron chi connectivity index (χ3n) is 5.49. The van der Waals surface area contributed by atoms with Crippen LogP contribution in [0.1, 0.15) is 68.6 Å². The standard InChI is InChI=1S/C22H31N3O3S/c1-6-28-22(27)18-13-24(19-12-9-16(5)29-19)23-20(18)25(14(2)3)21(26)17-10-7-15(4)8-11-17/h9,12-15,17H,6-8,10-11H2,1-5H3/t15-,17-. The van der Waals surface area contributed by atoms with Gasteiger partial charge >= 0.3 is 5.97 Å². The summed E-state index contributed by atoms with van der Waals surface area (Å²) in [7, 11) is 0. The molecule has 0 bridgehead atoms. The summed E-state index contributed by atoms with van der Waals surface area (Å²) in [5.74, 6) is 0.664. The fraction of sp³-hybridized carbons (Fsp3) is 0.591. The largest absolute Gasteiger partial charge is 0.462 e. The maximum atomic E-state index is 13.5. The van der Waals surface area contributed by atoms with Crippen LogP contribution in [-0.2, 0) is 9.53 Å². The number of aromatic nitrogens is 2. The predicted octanol–water partition coefficient (Wildman–Crippen LogP) is 4.99. The van der Waals surface area contributed by atoms with Gasteiger partial charge in [0, 0.05) is 23.0 Å². The average Bonchev–Trinajstić information content (AvgIpc) is 3.29. The molecule has 2 aromatic heterocycles. The quantitative estimate of drug-likeness (QED) is 0.621. The highest BCUT2D eigenvalue weighted by Gasteiger charge is 2.34. The van der Waals surface area contributed by atoms with Crippen molar-refractivity contribution in [2.24, 2.45) is 11.8 Å². The SMILES string of the molecule is CCOC(=O)c1cn(-c2ccc(C)s2)nc1N(C(=O)[C@H]1CC[C@H](C)CC1)C(C)C. The van der Waals surface area contributed by atoms with Crippen molar-refractivity contribution in [2.45, 2.75) is 66.3 Å². The smallest absolute Gasteiger partial charge is 0.343 e. The highest BCUT2D eigenvalue weighted by Crippen LogP contribution is 2.33. The highest BCUT2D eigenvalue weighted by molar-refractivity contribution is 7.14. The van der Waals surface area contributed by atoms with Crippen molar-refractivity contribution in [1.29, 1.82) is 0 Å². The Morgan fingerprint density at radius 3 is 2.52 bits per heavy atom. The fourth-order valence-corrected chi connectivity index (χ4v) is 4.65. The maximum absolute atomic E-state index is 13.5. The molecule has 1 saturated carbocycles. The molecular weight excluding hydrogens is 386 g/mol. The van der Waals surface area contributed by atoms with Crippen molar-refractivity contribution in [3.63, 3.8) is 0 Å². The van der Waals surface area contributed by atoms with Gasteiger partial charge in [-0.15, -0.1) is 16.4 Å². The number of rotatable bonds is 6. The molecule has 1 aliphatic rings. The molecule has 0 aliphatic heterocycles. The van der Waals surface area contributed by atoms with E-state index in [2.05, 4.69) is 12.0 Å². The summed E-state index contributed by atoms with van der Waals surface area (Å²) >= 11 is 1.59. The zero-order chi connectivity index (χ0) is 21.1. The Morgan fingerprint density at radius 1 is 1.28 bits per heavy atom. The number of ether oxygens (including phenoxy) is 1. The van der Waals surface area contributed by atoms with Gasteiger partial charge in [0.05, 0.1) is 6.61 Å². The number of nitrogens with zero attached hydrogens (tertiary/aromatic N) is 3. The molecule has 29 heavy (non-hydrogen) atoms. The molecule has 1 amide bonds. The van der Waals surface area contributed by atoms with Gasteiger partial charge in [-0.2, -0.15) is 0 Å². The summed E-state index contributed by atoms with van der Waals surface area (Å²) in [4.78, 5) is 29.0. The lowest BCUT2D eigenvalue weighted by Crippen LogP contribution is -2.43. The average molecular weight is 418 g/mol. The molecular formula is C22H31N3O3S. The minimum atomic E-state index is -0.447. The lowest BCUT2D eigenvalue weighted by molar-refractivity contribution is -0.123. The summed E-state index contributed by atoms with van der Waals surface area (Å²) in [6, 6.07) is 3.87. The van der Waals surface area contributed by atoms with Crippen LogP contribution in [0.15, 0.2) is 18.3 Å². The molecule has 2 heterocycles. The molecule has 0 radical (unpaired) electrons. The second-order valence-corrected chi connectivity index (χ2v) is 9.44. The molecule has 0 saturated heterocycles. The molecule has 0 unspecified atom stereocenters. The van der Waals surface area contributed by atoms with Gasteiger partial charge in [-0.3, -0.25) is 9.69 Å². The van der Waals surface area contributed by atoms with Crippen LogP contribution in [0.2, 0.25) is 0 Å². The lowest BCUT2D eigenvalue weighted by atomic mass is 9.82. The van der Waals surface area contributed by atoms with E-state index in [0.29, 0.717) is 17.3 Å². The Kier molecular flexibility index (Phi) is 6.77. The van der Waals surface area contributed by atoms with Crippen molar-refractivity contribution in [1.82, 2.24) is 9.78 Å². The number of carbonyl (C=O) groups is 2. The van der Waals surface area contributed by atoms with Crippen LogP contribution in [0.5, 0.6) is 0 Å². The Morgan fingerprint density at radius 2 is 1.97 bits per heavy atom. The van der Waals surface area contributed by atoms with Gasteiger partial charge in [-0.05, 0) is 71.4 Å². The minimum absolute atomic E-state index is 0.0159. The van der Waals surface area contributed by atoms with Crippen molar-refractivity contribution in [2.75, 3.05) is 11.5 Å². The van der Waals surface area contributed by atoms with Gasteiger partial charge < -0.3 is 4.74 Å². The van der Waals surface area contributed by atoms with Crippen LogP contribution in [0.25, 0.3) is 5.00 Å². The monoisotopic (exact) mass is 417 g/mol.